The minimum absolute atomic E-state index is 0. The number of aromatic nitrogens is 3. The molecule has 0 aliphatic carbocycles. The molecule has 12 heteroatoms. The van der Waals surface area contributed by atoms with Gasteiger partial charge in [0.2, 0.25) is 5.91 Å². The van der Waals surface area contributed by atoms with Crippen molar-refractivity contribution in [2.75, 3.05) is 13.7 Å². The molecule has 3 aromatic rings. The highest BCUT2D eigenvalue weighted by Gasteiger charge is 2.21. The van der Waals surface area contributed by atoms with Gasteiger partial charge in [0.25, 0.3) is 0 Å². The van der Waals surface area contributed by atoms with Gasteiger partial charge in [0.05, 0.1) is 23.8 Å². The zero-order chi connectivity index (χ0) is 22.3. The van der Waals surface area contributed by atoms with E-state index >= 15 is 0 Å². The fraction of sp³-hybridized carbons (Fsp3) is 0.200. The number of carbonyl (C=O) groups is 2. The molecule has 3 rings (SSSR count). The van der Waals surface area contributed by atoms with E-state index in [0.29, 0.717) is 38.5 Å². The maximum atomic E-state index is 13.2. The number of amides is 1. The number of hydrogen-bond donors (Lipinski definition) is 3. The molecule has 0 aliphatic rings. The molecule has 1 heterocycles. The van der Waals surface area contributed by atoms with Crippen LogP contribution in [0, 0.1) is 6.92 Å². The van der Waals surface area contributed by atoms with E-state index in [9.17, 15) is 9.59 Å². The summed E-state index contributed by atoms with van der Waals surface area (Å²) in [4.78, 5) is 24.7. The largest absolute Gasteiger partial charge is 0.400 e. The van der Waals surface area contributed by atoms with Crippen LogP contribution in [0.2, 0.25) is 10.0 Å². The van der Waals surface area contributed by atoms with Gasteiger partial charge < -0.3 is 16.2 Å². The summed E-state index contributed by atoms with van der Waals surface area (Å²) in [6.45, 7) is 1.73. The minimum Gasteiger partial charge on any atom is -0.400 e. The zero-order valence-corrected chi connectivity index (χ0v) is 22.1. The van der Waals surface area contributed by atoms with Crippen LogP contribution in [0.25, 0.3) is 5.69 Å². The zero-order valence-electron chi connectivity index (χ0n) is 17.2. The summed E-state index contributed by atoms with van der Waals surface area (Å²) in [5, 5.41) is 18.6. The van der Waals surface area contributed by atoms with Gasteiger partial charge in [0, 0.05) is 23.3 Å². The van der Waals surface area contributed by atoms with E-state index in [1.807, 2.05) is 0 Å². The first-order valence-electron chi connectivity index (χ1n) is 8.84. The molecule has 1 aromatic heterocycles. The van der Waals surface area contributed by atoms with Crippen LogP contribution in [-0.2, 0) is 11.3 Å². The van der Waals surface area contributed by atoms with Gasteiger partial charge in [-0.2, -0.15) is 0 Å². The Morgan fingerprint density at radius 3 is 2.34 bits per heavy atom. The monoisotopic (exact) mass is 609 g/mol. The molecule has 0 aliphatic heterocycles. The number of benzene rings is 2. The molecule has 32 heavy (non-hydrogen) atoms. The molecule has 0 bridgehead atoms. The third-order valence-electron chi connectivity index (χ3n) is 4.08. The van der Waals surface area contributed by atoms with Crippen molar-refractivity contribution in [3.63, 3.8) is 0 Å². The minimum atomic E-state index is -0.323. The summed E-state index contributed by atoms with van der Waals surface area (Å²) in [5.74, 6) is 0.395. The SMILES string of the molecule is Br.Br.CO.Cc1nnc(CNC(=O)CN)n1-c1ccc(Cl)cc1C(=O)c1ccccc1Cl. The van der Waals surface area contributed by atoms with Crippen LogP contribution in [0.1, 0.15) is 27.6 Å². The number of aliphatic hydroxyl groups excluding tert-OH is 1. The molecule has 0 spiro atoms. The van der Waals surface area contributed by atoms with Gasteiger partial charge in [-0.1, -0.05) is 35.3 Å². The number of nitrogens with one attached hydrogen (secondary N) is 1. The molecule has 4 N–H and O–H groups in total. The van der Waals surface area contributed by atoms with Gasteiger partial charge in [-0.25, -0.2) is 0 Å². The van der Waals surface area contributed by atoms with Crippen molar-refractivity contribution < 1.29 is 14.7 Å². The van der Waals surface area contributed by atoms with E-state index in [1.54, 1.807) is 54.0 Å². The Balaban J connectivity index is 0.00000234. The Labute approximate surface area is 216 Å². The number of ketones is 1. The highest BCUT2D eigenvalue weighted by Crippen LogP contribution is 2.27. The average molecular weight is 612 g/mol. The molecule has 0 radical (unpaired) electrons. The Morgan fingerprint density at radius 2 is 1.72 bits per heavy atom. The summed E-state index contributed by atoms with van der Waals surface area (Å²) in [6.07, 6.45) is 0. The van der Waals surface area contributed by atoms with Crippen LogP contribution in [0.4, 0.5) is 0 Å². The van der Waals surface area contributed by atoms with Crippen molar-refractivity contribution in [3.05, 3.63) is 75.3 Å². The van der Waals surface area contributed by atoms with Gasteiger partial charge >= 0.3 is 0 Å². The summed E-state index contributed by atoms with van der Waals surface area (Å²) < 4.78 is 1.69. The molecule has 0 atom stereocenters. The number of hydrogen-bond acceptors (Lipinski definition) is 6. The highest BCUT2D eigenvalue weighted by molar-refractivity contribution is 8.93. The first-order chi connectivity index (χ1) is 14.4. The number of rotatable bonds is 6. The average Bonchev–Trinajstić information content (AvgIpc) is 3.13. The number of nitrogens with two attached hydrogens (primary N) is 1. The fourth-order valence-corrected chi connectivity index (χ4v) is 3.15. The summed E-state index contributed by atoms with van der Waals surface area (Å²) in [5.41, 5.74) is 6.56. The third kappa shape index (κ3) is 7.09. The Morgan fingerprint density at radius 1 is 1.06 bits per heavy atom. The lowest BCUT2D eigenvalue weighted by Crippen LogP contribution is -2.30. The summed E-state index contributed by atoms with van der Waals surface area (Å²) in [6, 6.07) is 11.7. The van der Waals surface area contributed by atoms with Crippen molar-refractivity contribution in [1.29, 1.82) is 0 Å². The Kier molecular flexibility index (Phi) is 13.5. The van der Waals surface area contributed by atoms with Gasteiger partial charge in [-0.3, -0.25) is 14.2 Å². The van der Waals surface area contributed by atoms with Crippen molar-refractivity contribution in [2.24, 2.45) is 5.73 Å². The second-order valence-electron chi connectivity index (χ2n) is 5.95. The third-order valence-corrected chi connectivity index (χ3v) is 4.65. The van der Waals surface area contributed by atoms with Gasteiger partial charge in [-0.15, -0.1) is 44.2 Å². The first kappa shape index (κ1) is 30.2. The number of nitrogens with zero attached hydrogens (tertiary/aromatic N) is 3. The molecule has 0 saturated carbocycles. The predicted octanol–water partition coefficient (Wildman–Crippen LogP) is 3.45. The Hall–Kier alpha value is -1.82. The lowest BCUT2D eigenvalue weighted by atomic mass is 10.0. The van der Waals surface area contributed by atoms with Gasteiger partial charge in [0.1, 0.15) is 5.82 Å². The topological polar surface area (TPSA) is 123 Å². The standard InChI is InChI=1S/C19H17Cl2N5O2.CH4O.2BrH/c1-11-24-25-17(10-23-18(27)9-22)26(11)16-7-6-12(20)8-14(16)19(28)13-4-2-3-5-15(13)21;1-2;;/h2-8H,9-10,22H2,1H3,(H,23,27);2H,1H3;2*1H. The number of aryl methyl sites for hydroxylation is 1. The van der Waals surface area contributed by atoms with Crippen molar-refractivity contribution in [3.8, 4) is 5.69 Å². The highest BCUT2D eigenvalue weighted by atomic mass is 79.9. The Bertz CT molecular complexity index is 1060. The molecule has 0 unspecified atom stereocenters. The van der Waals surface area contributed by atoms with E-state index in [2.05, 4.69) is 15.5 Å². The number of halogens is 4. The van der Waals surface area contributed by atoms with E-state index < -0.39 is 0 Å². The van der Waals surface area contributed by atoms with Crippen LogP contribution in [0.3, 0.4) is 0 Å². The van der Waals surface area contributed by atoms with Crippen LogP contribution >= 0.6 is 57.2 Å². The quantitative estimate of drug-likeness (QED) is 0.367. The second kappa shape index (κ2) is 14.4. The van der Waals surface area contributed by atoms with Crippen LogP contribution in [0.5, 0.6) is 0 Å². The summed E-state index contributed by atoms with van der Waals surface area (Å²) in [7, 11) is 1.00. The van der Waals surface area contributed by atoms with Crippen molar-refractivity contribution in [1.82, 2.24) is 20.1 Å². The van der Waals surface area contributed by atoms with Gasteiger partial charge in [-0.05, 0) is 37.3 Å². The molecule has 174 valence electrons. The predicted molar refractivity (Wildman–Crippen MR) is 136 cm³/mol. The van der Waals surface area contributed by atoms with Crippen LogP contribution in [-0.4, -0.2) is 45.2 Å². The van der Waals surface area contributed by atoms with E-state index in [1.165, 1.54) is 0 Å². The molecular weight excluding hydrogens is 589 g/mol. The van der Waals surface area contributed by atoms with Crippen molar-refractivity contribution >= 4 is 68.9 Å². The smallest absolute Gasteiger partial charge is 0.234 e. The normalized spacial score (nSPS) is 9.56. The lowest BCUT2D eigenvalue weighted by Gasteiger charge is -2.14. The first-order valence-corrected chi connectivity index (χ1v) is 9.59. The van der Waals surface area contributed by atoms with Crippen LogP contribution < -0.4 is 11.1 Å². The molecule has 0 saturated heterocycles. The molecule has 8 nitrogen and oxygen atoms in total. The maximum Gasteiger partial charge on any atom is 0.234 e. The van der Waals surface area contributed by atoms with Crippen LogP contribution in [0.15, 0.2) is 42.5 Å². The lowest BCUT2D eigenvalue weighted by molar-refractivity contribution is -0.119. The summed E-state index contributed by atoms with van der Waals surface area (Å²) >= 11 is 12.4. The number of aliphatic hydroxyl groups is 1. The maximum absolute atomic E-state index is 13.2. The molecule has 2 aromatic carbocycles. The molecule has 1 amide bonds. The van der Waals surface area contributed by atoms with E-state index in [-0.39, 0.29) is 58.7 Å². The number of carbonyl (C=O) groups excluding carboxylic acids is 2. The van der Waals surface area contributed by atoms with E-state index in [4.69, 9.17) is 34.0 Å². The van der Waals surface area contributed by atoms with Gasteiger partial charge in [0.15, 0.2) is 11.6 Å². The molecule has 0 fully saturated rings. The second-order valence-corrected chi connectivity index (χ2v) is 6.79. The van der Waals surface area contributed by atoms with E-state index in [0.717, 1.165) is 7.11 Å². The fourth-order valence-electron chi connectivity index (χ4n) is 2.76. The molecular formula is C20H23Br2Cl2N5O3. The van der Waals surface area contributed by atoms with Crippen molar-refractivity contribution in [2.45, 2.75) is 13.5 Å².